The summed E-state index contributed by atoms with van der Waals surface area (Å²) in [6.07, 6.45) is -4.69. The van der Waals surface area contributed by atoms with E-state index in [2.05, 4.69) is 25.3 Å². The third-order valence-electron chi connectivity index (χ3n) is 3.55. The Morgan fingerprint density at radius 1 is 1.25 bits per heavy atom. The number of aliphatic hydroxyl groups excluding tert-OH is 1. The fourth-order valence-electron chi connectivity index (χ4n) is 2.18. The molecular weight excluding hydrogens is 381 g/mol. The number of nitrogens with one attached hydrogen (secondary N) is 2. The number of hydrogen-bond acceptors (Lipinski definition) is 8. The van der Waals surface area contributed by atoms with Gasteiger partial charge < -0.3 is 25.2 Å². The van der Waals surface area contributed by atoms with E-state index in [9.17, 15) is 18.0 Å². The van der Waals surface area contributed by atoms with Gasteiger partial charge >= 0.3 is 12.1 Å². The number of carbonyl (C=O) groups is 1. The summed E-state index contributed by atoms with van der Waals surface area (Å²) in [6, 6.07) is 4.50. The molecule has 28 heavy (non-hydrogen) atoms. The van der Waals surface area contributed by atoms with E-state index in [1.54, 1.807) is 6.92 Å². The van der Waals surface area contributed by atoms with E-state index in [4.69, 9.17) is 9.84 Å². The van der Waals surface area contributed by atoms with Gasteiger partial charge in [0, 0.05) is 23.9 Å². The zero-order valence-electron chi connectivity index (χ0n) is 15.3. The third-order valence-corrected chi connectivity index (χ3v) is 3.55. The van der Waals surface area contributed by atoms with Gasteiger partial charge in [-0.15, -0.1) is 0 Å². The van der Waals surface area contributed by atoms with E-state index in [0.29, 0.717) is 5.69 Å². The number of benzene rings is 1. The Morgan fingerprint density at radius 3 is 2.54 bits per heavy atom. The Kier molecular flexibility index (Phi) is 6.62. The molecule has 1 aromatic heterocycles. The molecule has 0 radical (unpaired) electrons. The van der Waals surface area contributed by atoms with Gasteiger partial charge in [-0.25, -0.2) is 9.78 Å². The van der Waals surface area contributed by atoms with Crippen LogP contribution in [0.3, 0.4) is 0 Å². The Labute approximate surface area is 158 Å². The van der Waals surface area contributed by atoms with Gasteiger partial charge in [0.1, 0.15) is 17.1 Å². The van der Waals surface area contributed by atoms with Crippen LogP contribution in [0.4, 0.5) is 30.6 Å². The fourth-order valence-corrected chi connectivity index (χ4v) is 2.18. The first-order valence-corrected chi connectivity index (χ1v) is 8.05. The number of hydrogen-bond donors (Lipinski definition) is 3. The minimum absolute atomic E-state index is 0.136. The van der Waals surface area contributed by atoms with Crippen LogP contribution in [0.25, 0.3) is 0 Å². The lowest BCUT2D eigenvalue weighted by molar-refractivity contribution is -0.141. The van der Waals surface area contributed by atoms with Crippen LogP contribution in [-0.2, 0) is 10.9 Å². The number of aliphatic hydroxyl groups is 1. The van der Waals surface area contributed by atoms with Gasteiger partial charge in [0.05, 0.1) is 20.8 Å². The number of ether oxygens (including phenoxy) is 2. The second-order valence-electron chi connectivity index (χ2n) is 5.72. The molecule has 0 unspecified atom stereocenters. The van der Waals surface area contributed by atoms with Gasteiger partial charge in [-0.3, -0.25) is 0 Å². The van der Waals surface area contributed by atoms with E-state index in [-0.39, 0.29) is 29.7 Å². The molecule has 0 amide bonds. The number of aromatic nitrogens is 2. The van der Waals surface area contributed by atoms with Crippen LogP contribution in [0.1, 0.15) is 23.0 Å². The predicted octanol–water partition coefficient (Wildman–Crippen LogP) is 2.83. The average Bonchev–Trinajstić information content (AvgIpc) is 2.66. The Morgan fingerprint density at radius 2 is 1.96 bits per heavy atom. The first kappa shape index (κ1) is 21.2. The van der Waals surface area contributed by atoms with Crippen LogP contribution in [0.15, 0.2) is 24.3 Å². The summed E-state index contributed by atoms with van der Waals surface area (Å²) < 4.78 is 49.2. The molecule has 2 aromatic rings. The summed E-state index contributed by atoms with van der Waals surface area (Å²) in [6.45, 7) is 1.25. The number of nitrogens with zero attached hydrogens (tertiary/aromatic N) is 2. The zero-order valence-corrected chi connectivity index (χ0v) is 15.3. The maximum absolute atomic E-state index is 13.1. The van der Waals surface area contributed by atoms with Crippen molar-refractivity contribution in [3.05, 3.63) is 35.5 Å². The van der Waals surface area contributed by atoms with Crippen LogP contribution in [0.2, 0.25) is 0 Å². The molecule has 152 valence electrons. The average molecular weight is 400 g/mol. The van der Waals surface area contributed by atoms with Gasteiger partial charge in [-0.05, 0) is 19.1 Å². The summed E-state index contributed by atoms with van der Waals surface area (Å²) in [5, 5.41) is 14.4. The molecule has 0 bridgehead atoms. The highest BCUT2D eigenvalue weighted by Crippen LogP contribution is 2.31. The summed E-state index contributed by atoms with van der Waals surface area (Å²) in [7, 11) is 2.56. The number of alkyl halides is 3. The van der Waals surface area contributed by atoms with Crippen LogP contribution in [0.5, 0.6) is 5.75 Å². The van der Waals surface area contributed by atoms with Crippen molar-refractivity contribution in [1.82, 2.24) is 9.97 Å². The Bertz CT molecular complexity index is 846. The number of halogens is 3. The van der Waals surface area contributed by atoms with Crippen molar-refractivity contribution in [2.45, 2.75) is 19.1 Å². The molecule has 11 heteroatoms. The van der Waals surface area contributed by atoms with Crippen molar-refractivity contribution in [2.24, 2.45) is 0 Å². The van der Waals surface area contributed by atoms with Crippen LogP contribution >= 0.6 is 0 Å². The maximum atomic E-state index is 13.1. The van der Waals surface area contributed by atoms with Crippen molar-refractivity contribution in [2.75, 3.05) is 31.5 Å². The van der Waals surface area contributed by atoms with Gasteiger partial charge in [-0.2, -0.15) is 18.2 Å². The van der Waals surface area contributed by atoms with Crippen LogP contribution in [0, 0.1) is 0 Å². The van der Waals surface area contributed by atoms with Gasteiger partial charge in [0.25, 0.3) is 0 Å². The topological polar surface area (TPSA) is 106 Å². The minimum Gasteiger partial charge on any atom is -0.496 e. The highest BCUT2D eigenvalue weighted by atomic mass is 19.4. The molecule has 1 heterocycles. The van der Waals surface area contributed by atoms with E-state index < -0.39 is 23.9 Å². The van der Waals surface area contributed by atoms with Gasteiger partial charge in [-0.1, -0.05) is 0 Å². The number of carbonyl (C=O) groups excluding carboxylic acids is 1. The van der Waals surface area contributed by atoms with E-state index >= 15 is 0 Å². The van der Waals surface area contributed by atoms with Gasteiger partial charge in [0.15, 0.2) is 5.69 Å². The highest BCUT2D eigenvalue weighted by Gasteiger charge is 2.34. The zero-order chi connectivity index (χ0) is 20.9. The lowest BCUT2D eigenvalue weighted by Crippen LogP contribution is -2.22. The third kappa shape index (κ3) is 5.22. The molecule has 0 aliphatic heterocycles. The summed E-state index contributed by atoms with van der Waals surface area (Å²) >= 11 is 0. The molecule has 1 aromatic carbocycles. The molecule has 0 saturated carbocycles. The standard InChI is InChI=1S/C17H19F3N4O4/c1-9(8-25)21-16-23-13(17(18,19)20)7-14(24-16)22-10-4-5-11(15(26)28-3)12(6-10)27-2/h4-7,9,25H,8H2,1-3H3,(H2,21,22,23,24)/t9-/m0/s1. The second kappa shape index (κ2) is 8.74. The molecule has 0 aliphatic carbocycles. The SMILES string of the molecule is COC(=O)c1ccc(Nc2cc(C(F)(F)F)nc(N[C@@H](C)CO)n2)cc1OC. The fraction of sp³-hybridized carbons (Fsp3) is 0.353. The van der Waals surface area contributed by atoms with Crippen LogP contribution < -0.4 is 15.4 Å². The first-order chi connectivity index (χ1) is 13.2. The number of esters is 1. The maximum Gasteiger partial charge on any atom is 0.433 e. The predicted molar refractivity (Wildman–Crippen MR) is 94.8 cm³/mol. The molecule has 8 nitrogen and oxygen atoms in total. The van der Waals surface area contributed by atoms with Crippen molar-refractivity contribution < 1.29 is 32.5 Å². The second-order valence-corrected chi connectivity index (χ2v) is 5.72. The number of anilines is 3. The molecule has 0 fully saturated rings. The van der Waals surface area contributed by atoms with Crippen molar-refractivity contribution in [1.29, 1.82) is 0 Å². The van der Waals surface area contributed by atoms with E-state index in [1.165, 1.54) is 32.4 Å². The Hall–Kier alpha value is -3.08. The lowest BCUT2D eigenvalue weighted by Gasteiger charge is -2.15. The van der Waals surface area contributed by atoms with Crippen molar-refractivity contribution in [3.8, 4) is 5.75 Å². The van der Waals surface area contributed by atoms with E-state index in [0.717, 1.165) is 6.07 Å². The number of rotatable bonds is 7. The van der Waals surface area contributed by atoms with Crippen molar-refractivity contribution in [3.63, 3.8) is 0 Å². The molecule has 3 N–H and O–H groups in total. The van der Waals surface area contributed by atoms with Crippen molar-refractivity contribution >= 4 is 23.4 Å². The highest BCUT2D eigenvalue weighted by molar-refractivity contribution is 5.93. The van der Waals surface area contributed by atoms with Gasteiger partial charge in [0.2, 0.25) is 5.95 Å². The molecule has 0 aliphatic rings. The molecule has 0 saturated heterocycles. The normalized spacial score (nSPS) is 12.2. The molecular formula is C17H19F3N4O4. The smallest absolute Gasteiger partial charge is 0.433 e. The summed E-state index contributed by atoms with van der Waals surface area (Å²) in [5.41, 5.74) is -0.665. The quantitative estimate of drug-likeness (QED) is 0.610. The number of methoxy groups -OCH3 is 2. The summed E-state index contributed by atoms with van der Waals surface area (Å²) in [5.74, 6) is -0.872. The summed E-state index contributed by atoms with van der Waals surface area (Å²) in [4.78, 5) is 19.1. The molecule has 0 spiro atoms. The monoisotopic (exact) mass is 400 g/mol. The Balaban J connectivity index is 2.39. The molecule has 2 rings (SSSR count). The minimum atomic E-state index is -4.69. The van der Waals surface area contributed by atoms with E-state index in [1.807, 2.05) is 0 Å². The first-order valence-electron chi connectivity index (χ1n) is 8.05. The molecule has 1 atom stereocenters. The largest absolute Gasteiger partial charge is 0.496 e. The lowest BCUT2D eigenvalue weighted by atomic mass is 10.2. The van der Waals surface area contributed by atoms with Crippen LogP contribution in [-0.4, -0.2) is 47.9 Å².